The summed E-state index contributed by atoms with van der Waals surface area (Å²) in [5.74, 6) is -2.23. The Kier molecular flexibility index (Phi) is 4.05. The minimum Gasteiger partial charge on any atom is -0.303 e. The van der Waals surface area contributed by atoms with Gasteiger partial charge < -0.3 is 4.79 Å². The third-order valence-corrected chi connectivity index (χ3v) is 5.32. The fourth-order valence-corrected chi connectivity index (χ4v) is 4.16. The first-order valence-corrected chi connectivity index (χ1v) is 7.68. The number of fused-ring (bicyclic) bond motifs is 1. The van der Waals surface area contributed by atoms with Crippen molar-refractivity contribution in [3.8, 4) is 0 Å². The predicted octanol–water partition coefficient (Wildman–Crippen LogP) is 4.60. The highest BCUT2D eigenvalue weighted by Crippen LogP contribution is 2.47. The van der Waals surface area contributed by atoms with Gasteiger partial charge in [-0.1, -0.05) is 0 Å². The van der Waals surface area contributed by atoms with Gasteiger partial charge in [0.1, 0.15) is 6.29 Å². The number of aldehydes is 1. The summed E-state index contributed by atoms with van der Waals surface area (Å²) in [5, 5.41) is 0. The van der Waals surface area contributed by atoms with Crippen molar-refractivity contribution in [3.05, 3.63) is 35.1 Å². The molecule has 114 valence electrons. The molecule has 1 unspecified atom stereocenters. The number of carbonyl (C=O) groups excluding carboxylic acids is 1. The molecule has 0 aliphatic heterocycles. The molecule has 21 heavy (non-hydrogen) atoms. The molecular formula is C17H19F3O. The van der Waals surface area contributed by atoms with Crippen molar-refractivity contribution in [3.63, 3.8) is 0 Å². The summed E-state index contributed by atoms with van der Waals surface area (Å²) in [4.78, 5) is 10.9. The van der Waals surface area contributed by atoms with E-state index in [2.05, 4.69) is 0 Å². The molecule has 0 spiro atoms. The third-order valence-electron chi connectivity index (χ3n) is 5.32. The van der Waals surface area contributed by atoms with Crippen LogP contribution in [0, 0.1) is 35.2 Å². The summed E-state index contributed by atoms with van der Waals surface area (Å²) in [6.45, 7) is 0. The number of hydrogen-bond acceptors (Lipinski definition) is 1. The van der Waals surface area contributed by atoms with Crippen LogP contribution in [0.4, 0.5) is 13.2 Å². The topological polar surface area (TPSA) is 17.1 Å². The lowest BCUT2D eigenvalue weighted by Gasteiger charge is -2.41. The highest BCUT2D eigenvalue weighted by atomic mass is 19.2. The lowest BCUT2D eigenvalue weighted by molar-refractivity contribution is -0.113. The molecular weight excluding hydrogens is 277 g/mol. The van der Waals surface area contributed by atoms with Crippen LogP contribution in [-0.2, 0) is 4.79 Å². The van der Waals surface area contributed by atoms with Crippen LogP contribution >= 0.6 is 0 Å². The number of carbonyl (C=O) groups is 1. The lowest BCUT2D eigenvalue weighted by atomic mass is 9.64. The molecule has 0 radical (unpaired) electrons. The molecule has 4 heteroatoms. The Hall–Kier alpha value is -1.32. The van der Waals surface area contributed by atoms with Crippen LogP contribution in [0.1, 0.15) is 50.0 Å². The summed E-state index contributed by atoms with van der Waals surface area (Å²) in [7, 11) is 0. The zero-order chi connectivity index (χ0) is 15.0. The molecule has 0 saturated heterocycles. The van der Waals surface area contributed by atoms with E-state index in [1.54, 1.807) is 0 Å². The highest BCUT2D eigenvalue weighted by Gasteiger charge is 2.36. The summed E-state index contributed by atoms with van der Waals surface area (Å²) in [5.41, 5.74) is 0.572. The molecule has 0 bridgehead atoms. The summed E-state index contributed by atoms with van der Waals surface area (Å²) >= 11 is 0. The molecule has 4 atom stereocenters. The standard InChI is InChI=1S/C17H19F3O/c18-15-7-14(8-16(19)17(15)20)13-4-3-11-5-10(9-21)1-2-12(11)6-13/h7-13H,1-6H2/t10-,11-,12-,13?/m1/s1. The lowest BCUT2D eigenvalue weighted by Crippen LogP contribution is -2.31. The van der Waals surface area contributed by atoms with Gasteiger partial charge in [-0.2, -0.15) is 0 Å². The van der Waals surface area contributed by atoms with Gasteiger partial charge in [-0.3, -0.25) is 0 Å². The largest absolute Gasteiger partial charge is 0.303 e. The van der Waals surface area contributed by atoms with Crippen molar-refractivity contribution >= 4 is 6.29 Å². The van der Waals surface area contributed by atoms with Gasteiger partial charge in [-0.05, 0) is 74.0 Å². The van der Waals surface area contributed by atoms with Gasteiger partial charge in [-0.15, -0.1) is 0 Å². The molecule has 1 nitrogen and oxygen atoms in total. The smallest absolute Gasteiger partial charge is 0.194 e. The molecule has 2 saturated carbocycles. The second-order valence-corrected chi connectivity index (χ2v) is 6.54. The Morgan fingerprint density at radius 1 is 0.905 bits per heavy atom. The Bertz CT molecular complexity index is 520. The molecule has 0 amide bonds. The van der Waals surface area contributed by atoms with E-state index >= 15 is 0 Å². The highest BCUT2D eigenvalue weighted by molar-refractivity contribution is 5.53. The summed E-state index contributed by atoms with van der Waals surface area (Å²) in [6.07, 6.45) is 6.68. The minimum absolute atomic E-state index is 0.101. The van der Waals surface area contributed by atoms with Gasteiger partial charge in [0.15, 0.2) is 17.5 Å². The molecule has 1 aromatic rings. The van der Waals surface area contributed by atoms with E-state index in [9.17, 15) is 18.0 Å². The zero-order valence-electron chi connectivity index (χ0n) is 11.8. The van der Waals surface area contributed by atoms with Crippen molar-refractivity contribution in [2.24, 2.45) is 17.8 Å². The number of halogens is 3. The Morgan fingerprint density at radius 3 is 2.19 bits per heavy atom. The Morgan fingerprint density at radius 2 is 1.52 bits per heavy atom. The first kappa shape index (κ1) is 14.6. The van der Waals surface area contributed by atoms with Crippen molar-refractivity contribution in [2.75, 3.05) is 0 Å². The summed E-state index contributed by atoms with van der Waals surface area (Å²) in [6, 6.07) is 2.28. The average molecular weight is 296 g/mol. The predicted molar refractivity (Wildman–Crippen MR) is 73.3 cm³/mol. The van der Waals surface area contributed by atoms with Gasteiger partial charge in [0.2, 0.25) is 0 Å². The van der Waals surface area contributed by atoms with E-state index in [1.165, 1.54) is 0 Å². The van der Waals surface area contributed by atoms with Gasteiger partial charge in [-0.25, -0.2) is 13.2 Å². The normalized spacial score (nSPS) is 32.5. The van der Waals surface area contributed by atoms with Gasteiger partial charge in [0.05, 0.1) is 0 Å². The maximum absolute atomic E-state index is 13.4. The molecule has 2 fully saturated rings. The number of rotatable bonds is 2. The Labute approximate surface area is 122 Å². The fourth-order valence-electron chi connectivity index (χ4n) is 4.16. The van der Waals surface area contributed by atoms with Crippen LogP contribution in [0.3, 0.4) is 0 Å². The third kappa shape index (κ3) is 2.85. The second kappa shape index (κ2) is 5.82. The number of hydrogen-bond donors (Lipinski definition) is 0. The monoisotopic (exact) mass is 296 g/mol. The average Bonchev–Trinajstić information content (AvgIpc) is 2.51. The zero-order valence-corrected chi connectivity index (χ0v) is 11.8. The SMILES string of the molecule is O=C[C@@H]1CC[C@@H]2CC(c3cc(F)c(F)c(F)c3)CC[C@@H]2C1. The molecule has 1 aromatic carbocycles. The number of benzene rings is 1. The van der Waals surface area contributed by atoms with Gasteiger partial charge >= 0.3 is 0 Å². The van der Waals surface area contributed by atoms with Crippen LogP contribution in [-0.4, -0.2) is 6.29 Å². The second-order valence-electron chi connectivity index (χ2n) is 6.54. The van der Waals surface area contributed by atoms with E-state index in [4.69, 9.17) is 0 Å². The molecule has 2 aliphatic carbocycles. The van der Waals surface area contributed by atoms with E-state index in [1.807, 2.05) is 0 Å². The minimum atomic E-state index is -1.39. The van der Waals surface area contributed by atoms with Gasteiger partial charge in [0, 0.05) is 5.92 Å². The first-order valence-electron chi connectivity index (χ1n) is 7.68. The Balaban J connectivity index is 1.74. The molecule has 0 heterocycles. The first-order chi connectivity index (χ1) is 10.1. The maximum Gasteiger partial charge on any atom is 0.194 e. The van der Waals surface area contributed by atoms with Crippen LogP contribution < -0.4 is 0 Å². The van der Waals surface area contributed by atoms with Gasteiger partial charge in [0.25, 0.3) is 0 Å². The summed E-state index contributed by atoms with van der Waals surface area (Å²) < 4.78 is 39.8. The van der Waals surface area contributed by atoms with E-state index < -0.39 is 17.5 Å². The van der Waals surface area contributed by atoms with E-state index in [0.717, 1.165) is 56.9 Å². The maximum atomic E-state index is 13.4. The van der Waals surface area contributed by atoms with Crippen molar-refractivity contribution in [1.29, 1.82) is 0 Å². The molecule has 0 N–H and O–H groups in total. The van der Waals surface area contributed by atoms with Crippen molar-refractivity contribution < 1.29 is 18.0 Å². The van der Waals surface area contributed by atoms with E-state index in [-0.39, 0.29) is 11.8 Å². The molecule has 3 rings (SSSR count). The quantitative estimate of drug-likeness (QED) is 0.575. The fraction of sp³-hybridized carbons (Fsp3) is 0.588. The van der Waals surface area contributed by atoms with Crippen LogP contribution in [0.5, 0.6) is 0 Å². The van der Waals surface area contributed by atoms with Crippen LogP contribution in [0.25, 0.3) is 0 Å². The van der Waals surface area contributed by atoms with Crippen molar-refractivity contribution in [1.82, 2.24) is 0 Å². The van der Waals surface area contributed by atoms with Crippen molar-refractivity contribution in [2.45, 2.75) is 44.4 Å². The molecule has 0 aromatic heterocycles. The van der Waals surface area contributed by atoms with E-state index in [0.29, 0.717) is 17.4 Å². The van der Waals surface area contributed by atoms with Crippen LogP contribution in [0.2, 0.25) is 0 Å². The molecule has 2 aliphatic rings. The van der Waals surface area contributed by atoms with Crippen LogP contribution in [0.15, 0.2) is 12.1 Å².